The van der Waals surface area contributed by atoms with Crippen LogP contribution >= 0.6 is 11.8 Å². The number of ether oxygens (including phenoxy) is 1. The highest BCUT2D eigenvalue weighted by molar-refractivity contribution is 7.99. The molecular weight excluding hydrogens is 256 g/mol. The molecule has 100 valence electrons. The van der Waals surface area contributed by atoms with Crippen molar-refractivity contribution in [2.24, 2.45) is 0 Å². The van der Waals surface area contributed by atoms with Crippen molar-refractivity contribution in [2.45, 2.75) is 17.9 Å². The molecule has 0 aliphatic heterocycles. The highest BCUT2D eigenvalue weighted by Crippen LogP contribution is 2.20. The number of benzene rings is 2. The zero-order chi connectivity index (χ0) is 13.5. The van der Waals surface area contributed by atoms with E-state index >= 15 is 0 Å². The second-order valence-corrected chi connectivity index (χ2v) is 5.42. The lowest BCUT2D eigenvalue weighted by atomic mass is 10.2. The van der Waals surface area contributed by atoms with Crippen molar-refractivity contribution in [1.29, 1.82) is 0 Å². The first-order valence-corrected chi connectivity index (χ1v) is 7.26. The third kappa shape index (κ3) is 4.30. The lowest BCUT2D eigenvalue weighted by Gasteiger charge is -2.04. The van der Waals surface area contributed by atoms with E-state index in [1.807, 2.05) is 36.0 Å². The van der Waals surface area contributed by atoms with Crippen molar-refractivity contribution < 1.29 is 9.84 Å². The largest absolute Gasteiger partial charge is 0.497 e. The molecule has 0 saturated carbocycles. The predicted molar refractivity (Wildman–Crippen MR) is 79.8 cm³/mol. The van der Waals surface area contributed by atoms with Crippen molar-refractivity contribution in [3.8, 4) is 5.75 Å². The Morgan fingerprint density at radius 1 is 0.947 bits per heavy atom. The quantitative estimate of drug-likeness (QED) is 0.817. The number of thioether (sulfide) groups is 1. The molecule has 0 bridgehead atoms. The average Bonchev–Trinajstić information content (AvgIpc) is 2.49. The molecule has 2 nitrogen and oxygen atoms in total. The van der Waals surface area contributed by atoms with Crippen LogP contribution in [0.5, 0.6) is 5.75 Å². The minimum absolute atomic E-state index is 0.108. The topological polar surface area (TPSA) is 29.5 Å². The standard InChI is InChI=1S/C16H18O2S/c1-18-15-6-2-13(3-7-15)10-11-19-16-8-4-14(12-17)5-9-16/h2-9,17H,10-12H2,1H3. The van der Waals surface area contributed by atoms with E-state index in [2.05, 4.69) is 24.3 Å². The van der Waals surface area contributed by atoms with E-state index < -0.39 is 0 Å². The molecule has 2 rings (SSSR count). The second kappa shape index (κ2) is 7.22. The van der Waals surface area contributed by atoms with Gasteiger partial charge in [-0.2, -0.15) is 0 Å². The van der Waals surface area contributed by atoms with E-state index in [4.69, 9.17) is 9.84 Å². The third-order valence-electron chi connectivity index (χ3n) is 2.92. The number of aliphatic hydroxyl groups is 1. The van der Waals surface area contributed by atoms with Crippen molar-refractivity contribution in [1.82, 2.24) is 0 Å². The van der Waals surface area contributed by atoms with Crippen LogP contribution in [0, 0.1) is 0 Å². The fourth-order valence-corrected chi connectivity index (χ4v) is 2.67. The Balaban J connectivity index is 1.81. The summed E-state index contributed by atoms with van der Waals surface area (Å²) in [6, 6.07) is 16.3. The van der Waals surface area contributed by atoms with Gasteiger partial charge in [-0.25, -0.2) is 0 Å². The molecule has 19 heavy (non-hydrogen) atoms. The summed E-state index contributed by atoms with van der Waals surface area (Å²) in [4.78, 5) is 1.24. The Kier molecular flexibility index (Phi) is 5.31. The Morgan fingerprint density at radius 3 is 2.16 bits per heavy atom. The molecule has 0 saturated heterocycles. The monoisotopic (exact) mass is 274 g/mol. The van der Waals surface area contributed by atoms with Crippen molar-refractivity contribution in [3.63, 3.8) is 0 Å². The van der Waals surface area contributed by atoms with Gasteiger partial charge in [0.15, 0.2) is 0 Å². The van der Waals surface area contributed by atoms with Gasteiger partial charge in [-0.05, 0) is 41.8 Å². The molecule has 0 amide bonds. The van der Waals surface area contributed by atoms with Crippen molar-refractivity contribution in [2.75, 3.05) is 12.9 Å². The first-order valence-electron chi connectivity index (χ1n) is 6.27. The fourth-order valence-electron chi connectivity index (χ4n) is 1.77. The summed E-state index contributed by atoms with van der Waals surface area (Å²) in [7, 11) is 1.68. The van der Waals surface area contributed by atoms with Crippen LogP contribution in [0.2, 0.25) is 0 Å². The Labute approximate surface area is 118 Å². The molecular formula is C16H18O2S. The molecule has 2 aromatic carbocycles. The minimum atomic E-state index is 0.108. The van der Waals surface area contributed by atoms with Gasteiger partial charge >= 0.3 is 0 Å². The van der Waals surface area contributed by atoms with Gasteiger partial charge in [-0.3, -0.25) is 0 Å². The molecule has 0 heterocycles. The van der Waals surface area contributed by atoms with Crippen LogP contribution in [0.15, 0.2) is 53.4 Å². The molecule has 1 N–H and O–H groups in total. The van der Waals surface area contributed by atoms with Crippen molar-refractivity contribution in [3.05, 3.63) is 59.7 Å². The molecule has 0 spiro atoms. The third-order valence-corrected chi connectivity index (χ3v) is 3.94. The lowest BCUT2D eigenvalue weighted by Crippen LogP contribution is -1.89. The molecule has 3 heteroatoms. The summed E-state index contributed by atoms with van der Waals surface area (Å²) in [5.74, 6) is 1.95. The summed E-state index contributed by atoms with van der Waals surface area (Å²) < 4.78 is 5.14. The smallest absolute Gasteiger partial charge is 0.118 e. The fraction of sp³-hybridized carbons (Fsp3) is 0.250. The highest BCUT2D eigenvalue weighted by Gasteiger charge is 1.98. The van der Waals surface area contributed by atoms with Gasteiger partial charge in [0.25, 0.3) is 0 Å². The predicted octanol–water partition coefficient (Wildman–Crippen LogP) is 3.52. The van der Waals surface area contributed by atoms with E-state index in [0.29, 0.717) is 0 Å². The van der Waals surface area contributed by atoms with Crippen LogP contribution in [-0.2, 0) is 13.0 Å². The SMILES string of the molecule is COc1ccc(CCSc2ccc(CO)cc2)cc1. The zero-order valence-electron chi connectivity index (χ0n) is 11.0. The minimum Gasteiger partial charge on any atom is -0.497 e. The Bertz CT molecular complexity index is 444. The summed E-state index contributed by atoms with van der Waals surface area (Å²) in [5.41, 5.74) is 2.28. The molecule has 0 atom stereocenters. The molecule has 0 unspecified atom stereocenters. The van der Waals surface area contributed by atoms with E-state index in [0.717, 1.165) is 23.5 Å². The number of aryl methyl sites for hydroxylation is 1. The Hall–Kier alpha value is -1.45. The summed E-state index contributed by atoms with van der Waals surface area (Å²) in [6.45, 7) is 0.108. The van der Waals surface area contributed by atoms with Gasteiger partial charge in [0, 0.05) is 10.6 Å². The summed E-state index contributed by atoms with van der Waals surface area (Å²) in [6.07, 6.45) is 1.04. The average molecular weight is 274 g/mol. The Morgan fingerprint density at radius 2 is 1.58 bits per heavy atom. The van der Waals surface area contributed by atoms with E-state index in [-0.39, 0.29) is 6.61 Å². The van der Waals surface area contributed by atoms with Gasteiger partial charge < -0.3 is 9.84 Å². The van der Waals surface area contributed by atoms with Crippen LogP contribution in [-0.4, -0.2) is 18.0 Å². The lowest BCUT2D eigenvalue weighted by molar-refractivity contribution is 0.282. The van der Waals surface area contributed by atoms with Gasteiger partial charge in [0.05, 0.1) is 13.7 Å². The second-order valence-electron chi connectivity index (χ2n) is 4.25. The first-order chi connectivity index (χ1) is 9.31. The van der Waals surface area contributed by atoms with Crippen LogP contribution in [0.4, 0.5) is 0 Å². The van der Waals surface area contributed by atoms with Gasteiger partial charge in [-0.1, -0.05) is 24.3 Å². The summed E-state index contributed by atoms with van der Waals surface area (Å²) >= 11 is 1.83. The van der Waals surface area contributed by atoms with Crippen LogP contribution < -0.4 is 4.74 Å². The van der Waals surface area contributed by atoms with E-state index in [1.54, 1.807) is 7.11 Å². The van der Waals surface area contributed by atoms with Crippen LogP contribution in [0.1, 0.15) is 11.1 Å². The van der Waals surface area contributed by atoms with Gasteiger partial charge in [0.1, 0.15) is 5.75 Å². The first kappa shape index (κ1) is 14.0. The van der Waals surface area contributed by atoms with Gasteiger partial charge in [0.2, 0.25) is 0 Å². The molecule has 0 aromatic heterocycles. The number of methoxy groups -OCH3 is 1. The molecule has 0 radical (unpaired) electrons. The summed E-state index contributed by atoms with van der Waals surface area (Å²) in [5, 5.41) is 8.98. The normalized spacial score (nSPS) is 10.4. The maximum atomic E-state index is 8.98. The number of hydrogen-bond donors (Lipinski definition) is 1. The van der Waals surface area contributed by atoms with Crippen LogP contribution in [0.25, 0.3) is 0 Å². The molecule has 0 fully saturated rings. The maximum Gasteiger partial charge on any atom is 0.118 e. The molecule has 0 aliphatic carbocycles. The maximum absolute atomic E-state index is 8.98. The van der Waals surface area contributed by atoms with Crippen LogP contribution in [0.3, 0.4) is 0 Å². The molecule has 0 aliphatic rings. The van der Waals surface area contributed by atoms with Crippen molar-refractivity contribution >= 4 is 11.8 Å². The molecule has 2 aromatic rings. The van der Waals surface area contributed by atoms with Gasteiger partial charge in [-0.15, -0.1) is 11.8 Å². The number of hydrogen-bond acceptors (Lipinski definition) is 3. The number of rotatable bonds is 6. The highest BCUT2D eigenvalue weighted by atomic mass is 32.2. The zero-order valence-corrected chi connectivity index (χ0v) is 11.8. The van der Waals surface area contributed by atoms with E-state index in [9.17, 15) is 0 Å². The van der Waals surface area contributed by atoms with E-state index in [1.165, 1.54) is 10.5 Å². The number of aliphatic hydroxyl groups excluding tert-OH is 1.